The van der Waals surface area contributed by atoms with Crippen molar-refractivity contribution in [2.45, 2.75) is 12.5 Å². The number of amides is 3. The van der Waals surface area contributed by atoms with Gasteiger partial charge in [0.1, 0.15) is 11.5 Å². The van der Waals surface area contributed by atoms with Crippen molar-refractivity contribution >= 4 is 29.0 Å². The van der Waals surface area contributed by atoms with Gasteiger partial charge >= 0.3 is 6.03 Å². The molecule has 192 valence electrons. The Kier molecular flexibility index (Phi) is 7.49. The van der Waals surface area contributed by atoms with Gasteiger partial charge in [-0.15, -0.1) is 0 Å². The lowest BCUT2D eigenvalue weighted by Crippen LogP contribution is -2.39. The summed E-state index contributed by atoms with van der Waals surface area (Å²) in [4.78, 5) is 33.3. The molecule has 0 saturated carbocycles. The van der Waals surface area contributed by atoms with E-state index in [2.05, 4.69) is 20.5 Å². The first-order valence-corrected chi connectivity index (χ1v) is 12.5. The molecule has 0 bridgehead atoms. The van der Waals surface area contributed by atoms with E-state index < -0.39 is 0 Å². The summed E-state index contributed by atoms with van der Waals surface area (Å²) < 4.78 is 5.78. The second-order valence-electron chi connectivity index (χ2n) is 9.11. The third-order valence-corrected chi connectivity index (χ3v) is 6.54. The smallest absolute Gasteiger partial charge is 0.323 e. The van der Waals surface area contributed by atoms with Crippen molar-refractivity contribution in [3.63, 3.8) is 0 Å². The fraction of sp³-hybridized carbons (Fsp3) is 0.167. The molecule has 4 aromatic rings. The summed E-state index contributed by atoms with van der Waals surface area (Å²) in [5, 5.41) is 5.70. The number of nitrogens with one attached hydrogen (secondary N) is 2. The highest BCUT2D eigenvalue weighted by Gasteiger charge is 2.29. The third-order valence-electron chi connectivity index (χ3n) is 6.54. The monoisotopic (exact) mass is 507 g/mol. The average Bonchev–Trinajstić information content (AvgIpc) is 3.45. The van der Waals surface area contributed by atoms with Crippen LogP contribution >= 0.6 is 0 Å². The molecule has 1 aliphatic heterocycles. The predicted octanol–water partition coefficient (Wildman–Crippen LogP) is 5.87. The van der Waals surface area contributed by atoms with Crippen LogP contribution in [0.2, 0.25) is 0 Å². The zero-order valence-electron chi connectivity index (χ0n) is 21.1. The first-order valence-electron chi connectivity index (χ1n) is 12.5. The minimum atomic E-state index is -0.327. The molecule has 1 unspecified atom stereocenters. The van der Waals surface area contributed by atoms with E-state index in [0.29, 0.717) is 22.7 Å². The largest absolute Gasteiger partial charge is 0.457 e. The summed E-state index contributed by atoms with van der Waals surface area (Å²) in [6, 6.07) is 27.7. The molecule has 8 heteroatoms. The standard InChI is InChI=1S/C30H29N5O3/c1-34(29(36)22-15-18-31-19-16-22)26-17-20-35(21-26)25-11-7-23(8-12-25)32-30(37)33-24-9-13-28(14-10-24)38-27-5-3-2-4-6-27/h2-16,18-19,26H,17,20-21H2,1H3,(H2,32,33,37). The maximum Gasteiger partial charge on any atom is 0.323 e. The molecule has 1 atom stereocenters. The highest BCUT2D eigenvalue weighted by Crippen LogP contribution is 2.26. The van der Waals surface area contributed by atoms with Crippen molar-refractivity contribution in [3.8, 4) is 11.5 Å². The number of urea groups is 1. The zero-order chi connectivity index (χ0) is 26.3. The Morgan fingerprint density at radius 3 is 2.11 bits per heavy atom. The molecule has 5 rings (SSSR count). The molecule has 0 aliphatic carbocycles. The Labute approximate surface area is 221 Å². The third kappa shape index (κ3) is 6.10. The molecule has 8 nitrogen and oxygen atoms in total. The van der Waals surface area contributed by atoms with Crippen molar-refractivity contribution in [2.75, 3.05) is 35.7 Å². The fourth-order valence-corrected chi connectivity index (χ4v) is 4.44. The maximum atomic E-state index is 12.8. The van der Waals surface area contributed by atoms with E-state index in [1.165, 1.54) is 0 Å². The second kappa shape index (κ2) is 11.5. The van der Waals surface area contributed by atoms with Gasteiger partial charge in [-0.05, 0) is 79.2 Å². The van der Waals surface area contributed by atoms with E-state index >= 15 is 0 Å². The number of carbonyl (C=O) groups is 2. The number of anilines is 3. The summed E-state index contributed by atoms with van der Waals surface area (Å²) in [5.41, 5.74) is 3.05. The molecule has 38 heavy (non-hydrogen) atoms. The lowest BCUT2D eigenvalue weighted by atomic mass is 10.2. The van der Waals surface area contributed by atoms with Gasteiger partial charge in [0.25, 0.3) is 5.91 Å². The average molecular weight is 508 g/mol. The molecule has 3 amide bonds. The van der Waals surface area contributed by atoms with Crippen LogP contribution in [0, 0.1) is 0 Å². The van der Waals surface area contributed by atoms with Crippen molar-refractivity contribution in [2.24, 2.45) is 0 Å². The molecule has 0 radical (unpaired) electrons. The topological polar surface area (TPSA) is 86.8 Å². The van der Waals surface area contributed by atoms with Crippen molar-refractivity contribution < 1.29 is 14.3 Å². The number of carbonyl (C=O) groups excluding carboxylic acids is 2. The van der Waals surface area contributed by atoms with E-state index in [-0.39, 0.29) is 18.0 Å². The number of likely N-dealkylation sites (N-methyl/N-ethyl adjacent to an activating group) is 1. The first kappa shape index (κ1) is 24.8. The fourth-order valence-electron chi connectivity index (χ4n) is 4.44. The molecule has 1 saturated heterocycles. The van der Waals surface area contributed by atoms with Gasteiger partial charge in [0.2, 0.25) is 0 Å². The molecule has 1 aliphatic rings. The minimum Gasteiger partial charge on any atom is -0.457 e. The normalized spacial score (nSPS) is 14.6. The highest BCUT2D eigenvalue weighted by molar-refractivity contribution is 5.99. The van der Waals surface area contributed by atoms with Gasteiger partial charge in [-0.25, -0.2) is 4.79 Å². The van der Waals surface area contributed by atoms with Crippen LogP contribution in [0.25, 0.3) is 0 Å². The van der Waals surface area contributed by atoms with E-state index in [9.17, 15) is 9.59 Å². The van der Waals surface area contributed by atoms with E-state index in [1.54, 1.807) is 36.7 Å². The van der Waals surface area contributed by atoms with Crippen LogP contribution in [0.4, 0.5) is 21.9 Å². The summed E-state index contributed by atoms with van der Waals surface area (Å²) in [7, 11) is 1.85. The highest BCUT2D eigenvalue weighted by atomic mass is 16.5. The van der Waals surface area contributed by atoms with Gasteiger partial charge in [0, 0.05) is 55.2 Å². The number of nitrogens with zero attached hydrogens (tertiary/aromatic N) is 3. The molecule has 2 N–H and O–H groups in total. The van der Waals surface area contributed by atoms with Gasteiger partial charge in [0.05, 0.1) is 6.04 Å². The van der Waals surface area contributed by atoms with E-state index in [4.69, 9.17) is 4.74 Å². The lowest BCUT2D eigenvalue weighted by Gasteiger charge is -2.25. The molecule has 2 heterocycles. The molecule has 3 aromatic carbocycles. The van der Waals surface area contributed by atoms with Gasteiger partial charge in [-0.3, -0.25) is 9.78 Å². The van der Waals surface area contributed by atoms with Crippen molar-refractivity contribution in [1.29, 1.82) is 0 Å². The number of hydrogen-bond donors (Lipinski definition) is 2. The van der Waals surface area contributed by atoms with Gasteiger partial charge in [-0.2, -0.15) is 0 Å². The number of benzene rings is 3. The van der Waals surface area contributed by atoms with Gasteiger partial charge in [0.15, 0.2) is 0 Å². The Hall–Kier alpha value is -4.85. The molecular formula is C30H29N5O3. The van der Waals surface area contributed by atoms with Gasteiger partial charge < -0.3 is 25.2 Å². The number of ether oxygens (including phenoxy) is 1. The minimum absolute atomic E-state index is 0.00294. The maximum absolute atomic E-state index is 12.8. The number of hydrogen-bond acceptors (Lipinski definition) is 5. The quantitative estimate of drug-likeness (QED) is 0.327. The summed E-state index contributed by atoms with van der Waals surface area (Å²) in [6.07, 6.45) is 4.16. The number of aromatic nitrogens is 1. The van der Waals surface area contributed by atoms with Crippen LogP contribution in [0.1, 0.15) is 16.8 Å². The Morgan fingerprint density at radius 2 is 1.45 bits per heavy atom. The molecule has 1 fully saturated rings. The Morgan fingerprint density at radius 1 is 0.842 bits per heavy atom. The van der Waals surface area contributed by atoms with Gasteiger partial charge in [-0.1, -0.05) is 18.2 Å². The Balaban J connectivity index is 1.11. The number of para-hydroxylation sites is 1. The van der Waals surface area contributed by atoms with E-state index in [0.717, 1.165) is 30.9 Å². The summed E-state index contributed by atoms with van der Waals surface area (Å²) >= 11 is 0. The van der Waals surface area contributed by atoms with Crippen LogP contribution in [-0.2, 0) is 0 Å². The zero-order valence-corrected chi connectivity index (χ0v) is 21.1. The van der Waals surface area contributed by atoms with Crippen LogP contribution in [-0.4, -0.2) is 48.0 Å². The summed E-state index contributed by atoms with van der Waals surface area (Å²) in [6.45, 7) is 1.61. The second-order valence-corrected chi connectivity index (χ2v) is 9.11. The van der Waals surface area contributed by atoms with Crippen LogP contribution < -0.4 is 20.3 Å². The van der Waals surface area contributed by atoms with Crippen LogP contribution in [0.3, 0.4) is 0 Å². The van der Waals surface area contributed by atoms with Crippen LogP contribution in [0.15, 0.2) is 103 Å². The number of rotatable bonds is 7. The van der Waals surface area contributed by atoms with E-state index in [1.807, 2.05) is 78.7 Å². The predicted molar refractivity (Wildman–Crippen MR) is 149 cm³/mol. The van der Waals surface area contributed by atoms with Crippen molar-refractivity contribution in [1.82, 2.24) is 9.88 Å². The SMILES string of the molecule is CN(C(=O)c1ccncc1)C1CCN(c2ccc(NC(=O)Nc3ccc(Oc4ccccc4)cc3)cc2)C1. The lowest BCUT2D eigenvalue weighted by molar-refractivity contribution is 0.0745. The first-order chi connectivity index (χ1) is 18.5. The molecule has 1 aromatic heterocycles. The molecular weight excluding hydrogens is 478 g/mol. The summed E-state index contributed by atoms with van der Waals surface area (Å²) in [5.74, 6) is 1.45. The number of pyridine rings is 1. The van der Waals surface area contributed by atoms with Crippen molar-refractivity contribution in [3.05, 3.63) is 109 Å². The molecule has 0 spiro atoms. The van der Waals surface area contributed by atoms with Crippen LogP contribution in [0.5, 0.6) is 11.5 Å². The Bertz CT molecular complexity index is 1360.